The zero-order valence-corrected chi connectivity index (χ0v) is 11.1. The summed E-state index contributed by atoms with van der Waals surface area (Å²) in [6, 6.07) is 4.34. The van der Waals surface area contributed by atoms with Crippen LogP contribution in [0.15, 0.2) is 18.2 Å². The number of amides is 1. The number of nitrogens with zero attached hydrogens (tertiary/aromatic N) is 1. The topological polar surface area (TPSA) is 122 Å². The molecule has 8 heteroatoms. The molecule has 5 N–H and O–H groups in total. The van der Waals surface area contributed by atoms with Gasteiger partial charge in [0.25, 0.3) is 0 Å². The van der Waals surface area contributed by atoms with Crippen molar-refractivity contribution in [2.24, 2.45) is 5.84 Å². The van der Waals surface area contributed by atoms with Crippen LogP contribution in [0.4, 0.5) is 17.1 Å². The Morgan fingerprint density at radius 2 is 2.10 bits per heavy atom. The third-order valence-corrected chi connectivity index (χ3v) is 3.06. The molecule has 1 aliphatic rings. The minimum Gasteiger partial charge on any atom is -0.368 e. The lowest BCUT2D eigenvalue weighted by Crippen LogP contribution is -2.38. The molecule has 1 atom stereocenters. The smallest absolute Gasteiger partial charge is 0.316 e. The maximum atomic E-state index is 11.8. The summed E-state index contributed by atoms with van der Waals surface area (Å²) in [7, 11) is 0. The van der Waals surface area contributed by atoms with Gasteiger partial charge in [-0.3, -0.25) is 20.8 Å². The second kappa shape index (κ2) is 5.74. The predicted octanol–water partition coefficient (Wildman–Crippen LogP) is 0.959. The lowest BCUT2D eigenvalue weighted by Gasteiger charge is -2.16. The maximum Gasteiger partial charge on any atom is 0.316 e. The minimum atomic E-state index is -0.567. The molecule has 0 saturated heterocycles. The van der Waals surface area contributed by atoms with Gasteiger partial charge in [0.1, 0.15) is 17.4 Å². The third-order valence-electron chi connectivity index (χ3n) is 3.06. The van der Waals surface area contributed by atoms with Gasteiger partial charge in [-0.25, -0.2) is 0 Å². The Morgan fingerprint density at radius 3 is 2.65 bits per heavy atom. The van der Waals surface area contributed by atoms with Crippen LogP contribution in [0.25, 0.3) is 0 Å². The Morgan fingerprint density at radius 1 is 1.45 bits per heavy atom. The van der Waals surface area contributed by atoms with Gasteiger partial charge in [0.15, 0.2) is 0 Å². The molecule has 0 aliphatic heterocycles. The van der Waals surface area contributed by atoms with E-state index in [-0.39, 0.29) is 29.0 Å². The van der Waals surface area contributed by atoms with Gasteiger partial charge in [-0.1, -0.05) is 6.07 Å². The highest BCUT2D eigenvalue weighted by molar-refractivity contribution is 5.86. The summed E-state index contributed by atoms with van der Waals surface area (Å²) in [5, 5.41) is 16.8. The first-order chi connectivity index (χ1) is 9.52. The number of para-hydroxylation sites is 1. The van der Waals surface area contributed by atoms with E-state index in [0.29, 0.717) is 0 Å². The van der Waals surface area contributed by atoms with Crippen LogP contribution in [0, 0.1) is 10.1 Å². The number of hydrogen-bond donors (Lipinski definition) is 4. The van der Waals surface area contributed by atoms with Crippen LogP contribution in [0.2, 0.25) is 0 Å². The van der Waals surface area contributed by atoms with Crippen LogP contribution in [0.3, 0.4) is 0 Å². The van der Waals surface area contributed by atoms with Gasteiger partial charge in [-0.05, 0) is 31.9 Å². The quantitative estimate of drug-likeness (QED) is 0.349. The number of nitro benzene ring substituents is 1. The predicted molar refractivity (Wildman–Crippen MR) is 75.2 cm³/mol. The molecule has 1 amide bonds. The summed E-state index contributed by atoms with van der Waals surface area (Å²) in [4.78, 5) is 22.4. The SMILES string of the molecule is CC(Nc1cccc(NN)c1[N+](=O)[O-])C(=O)NC1CC1. The largest absolute Gasteiger partial charge is 0.368 e. The number of nitrogens with one attached hydrogen (secondary N) is 3. The van der Waals surface area contributed by atoms with Crippen LogP contribution in [-0.4, -0.2) is 22.9 Å². The summed E-state index contributed by atoms with van der Waals surface area (Å²) in [5.74, 6) is 5.09. The van der Waals surface area contributed by atoms with E-state index in [2.05, 4.69) is 16.1 Å². The van der Waals surface area contributed by atoms with Gasteiger partial charge in [-0.2, -0.15) is 0 Å². The van der Waals surface area contributed by atoms with E-state index in [1.165, 1.54) is 6.07 Å². The molecule has 0 aromatic heterocycles. The standard InChI is InChI=1S/C12H17N5O3/c1-7(12(18)15-8-5-6-8)14-9-3-2-4-10(16-13)11(9)17(19)20/h2-4,7-8,14,16H,5-6,13H2,1H3,(H,15,18). The van der Waals surface area contributed by atoms with Gasteiger partial charge < -0.3 is 16.1 Å². The first-order valence-corrected chi connectivity index (χ1v) is 6.34. The summed E-state index contributed by atoms with van der Waals surface area (Å²) in [6.45, 7) is 1.66. The molecular weight excluding hydrogens is 262 g/mol. The third kappa shape index (κ3) is 3.15. The number of anilines is 2. The van der Waals surface area contributed by atoms with Crippen molar-refractivity contribution in [3.8, 4) is 0 Å². The minimum absolute atomic E-state index is 0.173. The van der Waals surface area contributed by atoms with E-state index in [1.807, 2.05) is 0 Å². The number of rotatable bonds is 6. The number of nitro groups is 1. The molecule has 1 aromatic carbocycles. The van der Waals surface area contributed by atoms with E-state index in [1.54, 1.807) is 19.1 Å². The van der Waals surface area contributed by atoms with Gasteiger partial charge in [0.2, 0.25) is 5.91 Å². The number of carbonyl (C=O) groups excluding carboxylic acids is 1. The normalized spacial score (nSPS) is 15.3. The summed E-state index contributed by atoms with van der Waals surface area (Å²) in [5.41, 5.74) is 2.54. The molecule has 8 nitrogen and oxygen atoms in total. The number of nitrogens with two attached hydrogens (primary N) is 1. The number of hydrazine groups is 1. The average molecular weight is 279 g/mol. The lowest BCUT2D eigenvalue weighted by atomic mass is 10.2. The van der Waals surface area contributed by atoms with Gasteiger partial charge in [-0.15, -0.1) is 0 Å². The highest BCUT2D eigenvalue weighted by atomic mass is 16.6. The molecule has 1 fully saturated rings. The van der Waals surface area contributed by atoms with Crippen molar-refractivity contribution in [3.63, 3.8) is 0 Å². The zero-order valence-electron chi connectivity index (χ0n) is 11.1. The van der Waals surface area contributed by atoms with Crippen molar-refractivity contribution in [2.75, 3.05) is 10.7 Å². The molecule has 1 aliphatic carbocycles. The van der Waals surface area contributed by atoms with E-state index in [0.717, 1.165) is 12.8 Å². The fraction of sp³-hybridized carbons (Fsp3) is 0.417. The lowest BCUT2D eigenvalue weighted by molar-refractivity contribution is -0.383. The first kappa shape index (κ1) is 14.1. The van der Waals surface area contributed by atoms with Crippen LogP contribution in [0.5, 0.6) is 0 Å². The van der Waals surface area contributed by atoms with Gasteiger partial charge in [0.05, 0.1) is 4.92 Å². The van der Waals surface area contributed by atoms with Crippen molar-refractivity contribution < 1.29 is 9.72 Å². The Bertz CT molecular complexity index is 530. The molecule has 0 spiro atoms. The molecule has 1 saturated carbocycles. The molecule has 0 radical (unpaired) electrons. The fourth-order valence-corrected chi connectivity index (χ4v) is 1.83. The van der Waals surface area contributed by atoms with Crippen molar-refractivity contribution in [2.45, 2.75) is 31.8 Å². The van der Waals surface area contributed by atoms with E-state index >= 15 is 0 Å². The zero-order chi connectivity index (χ0) is 14.7. The van der Waals surface area contributed by atoms with Crippen LogP contribution >= 0.6 is 0 Å². The number of benzene rings is 1. The van der Waals surface area contributed by atoms with E-state index in [9.17, 15) is 14.9 Å². The fourth-order valence-electron chi connectivity index (χ4n) is 1.83. The van der Waals surface area contributed by atoms with Crippen molar-refractivity contribution in [3.05, 3.63) is 28.3 Å². The van der Waals surface area contributed by atoms with Gasteiger partial charge >= 0.3 is 5.69 Å². The average Bonchev–Trinajstić information content (AvgIpc) is 3.21. The monoisotopic (exact) mass is 279 g/mol. The first-order valence-electron chi connectivity index (χ1n) is 6.34. The second-order valence-corrected chi connectivity index (χ2v) is 4.75. The number of nitrogen functional groups attached to an aromatic ring is 1. The highest BCUT2D eigenvalue weighted by Crippen LogP contribution is 2.32. The molecule has 1 aromatic rings. The second-order valence-electron chi connectivity index (χ2n) is 4.75. The molecule has 2 rings (SSSR count). The molecule has 0 bridgehead atoms. The number of carbonyl (C=O) groups is 1. The molecule has 1 unspecified atom stereocenters. The summed E-state index contributed by atoms with van der Waals surface area (Å²) < 4.78 is 0. The molecule has 20 heavy (non-hydrogen) atoms. The summed E-state index contributed by atoms with van der Waals surface area (Å²) in [6.07, 6.45) is 1.98. The van der Waals surface area contributed by atoms with Crippen molar-refractivity contribution in [1.82, 2.24) is 5.32 Å². The Kier molecular flexibility index (Phi) is 4.04. The van der Waals surface area contributed by atoms with Gasteiger partial charge in [0, 0.05) is 6.04 Å². The molecule has 108 valence electrons. The maximum absolute atomic E-state index is 11.8. The van der Waals surface area contributed by atoms with Crippen LogP contribution in [0.1, 0.15) is 19.8 Å². The van der Waals surface area contributed by atoms with E-state index in [4.69, 9.17) is 5.84 Å². The van der Waals surface area contributed by atoms with Crippen molar-refractivity contribution in [1.29, 1.82) is 0 Å². The summed E-state index contributed by atoms with van der Waals surface area (Å²) >= 11 is 0. The Balaban J connectivity index is 2.15. The number of hydrogen-bond acceptors (Lipinski definition) is 6. The molecular formula is C12H17N5O3. The Labute approximate surface area is 115 Å². The Hall–Kier alpha value is -2.35. The van der Waals surface area contributed by atoms with Crippen molar-refractivity contribution >= 4 is 23.0 Å². The highest BCUT2D eigenvalue weighted by Gasteiger charge is 2.27. The van der Waals surface area contributed by atoms with E-state index < -0.39 is 11.0 Å². The van der Waals surface area contributed by atoms with Crippen LogP contribution in [-0.2, 0) is 4.79 Å². The molecule has 0 heterocycles. The van der Waals surface area contributed by atoms with Crippen LogP contribution < -0.4 is 21.9 Å².